The van der Waals surface area contributed by atoms with Crippen molar-refractivity contribution in [1.82, 2.24) is 0 Å². The fourth-order valence-corrected chi connectivity index (χ4v) is 0.564. The quantitative estimate of drug-likeness (QED) is 0.411. The molecule has 0 N–H and O–H groups in total. The van der Waals surface area contributed by atoms with Gasteiger partial charge in [-0.05, 0) is 27.2 Å². The molecule has 0 unspecified atom stereocenters. The van der Waals surface area contributed by atoms with Crippen molar-refractivity contribution in [3.8, 4) is 0 Å². The zero-order valence-electron chi connectivity index (χ0n) is 7.15. The second kappa shape index (κ2) is 5.04. The molecule has 0 aliphatic rings. The van der Waals surface area contributed by atoms with E-state index >= 15 is 0 Å². The maximum atomic E-state index is 3.77. The van der Waals surface area contributed by atoms with Crippen LogP contribution in [0.1, 0.15) is 27.2 Å². The Bertz CT molecular complexity index is 159. The van der Waals surface area contributed by atoms with Crippen molar-refractivity contribution >= 4 is 0 Å². The molecule has 0 saturated heterocycles. The first kappa shape index (κ1) is 9.22. The zero-order valence-corrected chi connectivity index (χ0v) is 7.15. The number of allylic oxidation sites excluding steroid dienone is 5. The fraction of sp³-hybridized carbons (Fsp3) is 0.400. The van der Waals surface area contributed by atoms with E-state index in [1.165, 1.54) is 5.57 Å². The lowest BCUT2D eigenvalue weighted by atomic mass is 10.2. The first-order chi connectivity index (χ1) is 4.66. The molecule has 0 aliphatic heterocycles. The maximum Gasteiger partial charge on any atom is -0.0138 e. The van der Waals surface area contributed by atoms with Crippen molar-refractivity contribution in [2.75, 3.05) is 0 Å². The normalized spacial score (nSPS) is 12.5. The summed E-state index contributed by atoms with van der Waals surface area (Å²) in [5, 5.41) is 0. The van der Waals surface area contributed by atoms with E-state index < -0.39 is 0 Å². The van der Waals surface area contributed by atoms with Crippen LogP contribution in [0.5, 0.6) is 0 Å². The molecule has 0 rings (SSSR count). The summed E-state index contributed by atoms with van der Waals surface area (Å²) in [5.41, 5.74) is 2.52. The third-order valence-electron chi connectivity index (χ3n) is 1.33. The summed E-state index contributed by atoms with van der Waals surface area (Å²) in [6, 6.07) is 0. The van der Waals surface area contributed by atoms with Crippen LogP contribution in [0.3, 0.4) is 0 Å². The molecule has 0 aliphatic carbocycles. The second-order valence-electron chi connectivity index (χ2n) is 2.59. The van der Waals surface area contributed by atoms with Gasteiger partial charge in [0.1, 0.15) is 0 Å². The van der Waals surface area contributed by atoms with Crippen molar-refractivity contribution in [2.24, 2.45) is 0 Å². The molecule has 0 heteroatoms. The molecular formula is C10H16. The van der Waals surface area contributed by atoms with Gasteiger partial charge in [-0.25, -0.2) is 0 Å². The van der Waals surface area contributed by atoms with Crippen LogP contribution in [0.25, 0.3) is 0 Å². The summed E-state index contributed by atoms with van der Waals surface area (Å²) in [6.07, 6.45) is 7.36. The molecule has 0 aromatic heterocycles. The summed E-state index contributed by atoms with van der Waals surface area (Å²) >= 11 is 0. The molecule has 0 saturated carbocycles. The monoisotopic (exact) mass is 136 g/mol. The van der Waals surface area contributed by atoms with Gasteiger partial charge in [-0.2, -0.15) is 0 Å². The van der Waals surface area contributed by atoms with Crippen molar-refractivity contribution in [2.45, 2.75) is 27.2 Å². The van der Waals surface area contributed by atoms with Gasteiger partial charge in [0.2, 0.25) is 0 Å². The minimum Gasteiger partial charge on any atom is -0.0961 e. The highest BCUT2D eigenvalue weighted by Crippen LogP contribution is 2.01. The molecule has 0 radical (unpaired) electrons. The molecule has 0 aromatic rings. The molecular weight excluding hydrogens is 120 g/mol. The summed E-state index contributed by atoms with van der Waals surface area (Å²) in [7, 11) is 0. The van der Waals surface area contributed by atoms with Crippen molar-refractivity contribution in [3.63, 3.8) is 0 Å². The predicted molar refractivity (Wildman–Crippen MR) is 48.0 cm³/mol. The Balaban J connectivity index is 3.64. The van der Waals surface area contributed by atoms with E-state index in [0.717, 1.165) is 12.0 Å². The van der Waals surface area contributed by atoms with Gasteiger partial charge in [0.25, 0.3) is 0 Å². The molecule has 0 nitrogen and oxygen atoms in total. The minimum absolute atomic E-state index is 1.04. The van der Waals surface area contributed by atoms with Gasteiger partial charge in [0.15, 0.2) is 0 Å². The van der Waals surface area contributed by atoms with E-state index in [9.17, 15) is 0 Å². The molecule has 0 atom stereocenters. The third-order valence-corrected chi connectivity index (χ3v) is 1.33. The van der Waals surface area contributed by atoms with Gasteiger partial charge < -0.3 is 0 Å². The van der Waals surface area contributed by atoms with Gasteiger partial charge in [0.05, 0.1) is 0 Å². The summed E-state index contributed by atoms with van der Waals surface area (Å²) < 4.78 is 0. The van der Waals surface area contributed by atoms with Gasteiger partial charge in [0, 0.05) is 0 Å². The van der Waals surface area contributed by atoms with Crippen LogP contribution in [-0.2, 0) is 0 Å². The molecule has 56 valence electrons. The second-order valence-corrected chi connectivity index (χ2v) is 2.59. The first-order valence-electron chi connectivity index (χ1n) is 3.60. The van der Waals surface area contributed by atoms with Crippen LogP contribution in [0.2, 0.25) is 0 Å². The molecule has 0 heterocycles. The topological polar surface area (TPSA) is 0 Å². The van der Waals surface area contributed by atoms with Crippen molar-refractivity contribution in [1.29, 1.82) is 0 Å². The number of hydrogen-bond acceptors (Lipinski definition) is 0. The van der Waals surface area contributed by atoms with Crippen molar-refractivity contribution in [3.05, 3.63) is 36.0 Å². The van der Waals surface area contributed by atoms with Crippen LogP contribution in [-0.4, -0.2) is 0 Å². The standard InChI is InChI=1S/C10H16/c1-5-10(4)8-6-7-9(2)3/h5-7H,2,8H2,1,3-4H3/b7-6?,10-5-. The Morgan fingerprint density at radius 3 is 2.40 bits per heavy atom. The van der Waals surface area contributed by atoms with E-state index in [2.05, 4.69) is 32.6 Å². The van der Waals surface area contributed by atoms with Crippen LogP contribution in [0, 0.1) is 0 Å². The number of rotatable bonds is 3. The smallest absolute Gasteiger partial charge is 0.0138 e. The Labute approximate surface area is 64.0 Å². The fourth-order valence-electron chi connectivity index (χ4n) is 0.564. The summed E-state index contributed by atoms with van der Waals surface area (Å²) in [6.45, 7) is 9.96. The minimum atomic E-state index is 1.04. The van der Waals surface area contributed by atoms with E-state index in [0.29, 0.717) is 0 Å². The summed E-state index contributed by atoms with van der Waals surface area (Å²) in [5.74, 6) is 0. The lowest BCUT2D eigenvalue weighted by molar-refractivity contribution is 1.19. The van der Waals surface area contributed by atoms with E-state index in [1.54, 1.807) is 0 Å². The summed E-state index contributed by atoms with van der Waals surface area (Å²) in [4.78, 5) is 0. The molecule has 10 heavy (non-hydrogen) atoms. The molecule has 0 fully saturated rings. The van der Waals surface area contributed by atoms with Gasteiger partial charge in [-0.3, -0.25) is 0 Å². The van der Waals surface area contributed by atoms with Crippen LogP contribution >= 0.6 is 0 Å². The Hall–Kier alpha value is -0.780. The van der Waals surface area contributed by atoms with Gasteiger partial charge >= 0.3 is 0 Å². The molecule has 0 bridgehead atoms. The van der Waals surface area contributed by atoms with Crippen molar-refractivity contribution < 1.29 is 0 Å². The first-order valence-corrected chi connectivity index (χ1v) is 3.60. The average Bonchev–Trinajstić information content (AvgIpc) is 1.87. The lowest BCUT2D eigenvalue weighted by Crippen LogP contribution is -1.70. The van der Waals surface area contributed by atoms with E-state index in [4.69, 9.17) is 0 Å². The Kier molecular flexibility index (Phi) is 4.65. The highest BCUT2D eigenvalue weighted by molar-refractivity contribution is 5.14. The lowest BCUT2D eigenvalue weighted by Gasteiger charge is -1.91. The van der Waals surface area contributed by atoms with Gasteiger partial charge in [-0.15, -0.1) is 0 Å². The van der Waals surface area contributed by atoms with Crippen LogP contribution in [0.15, 0.2) is 36.0 Å². The molecule has 0 spiro atoms. The van der Waals surface area contributed by atoms with E-state index in [1.807, 2.05) is 13.0 Å². The third kappa shape index (κ3) is 5.36. The Morgan fingerprint density at radius 1 is 1.40 bits per heavy atom. The Morgan fingerprint density at radius 2 is 2.00 bits per heavy atom. The van der Waals surface area contributed by atoms with E-state index in [-0.39, 0.29) is 0 Å². The molecule has 0 aromatic carbocycles. The molecule has 0 amide bonds. The van der Waals surface area contributed by atoms with Crippen LogP contribution < -0.4 is 0 Å². The highest BCUT2D eigenvalue weighted by Gasteiger charge is 1.80. The average molecular weight is 136 g/mol. The van der Waals surface area contributed by atoms with Crippen LogP contribution in [0.4, 0.5) is 0 Å². The SMILES string of the molecule is C=C(C)C=CC/C(C)=C\C. The highest BCUT2D eigenvalue weighted by atomic mass is 13.9. The maximum absolute atomic E-state index is 3.77. The largest absolute Gasteiger partial charge is 0.0961 e. The zero-order chi connectivity index (χ0) is 7.98. The van der Waals surface area contributed by atoms with Gasteiger partial charge in [-0.1, -0.05) is 36.0 Å². The number of hydrogen-bond donors (Lipinski definition) is 0. The predicted octanol–water partition coefficient (Wildman–Crippen LogP) is 3.48.